The molecule has 0 bridgehead atoms. The maximum absolute atomic E-state index is 13.3. The fraction of sp³-hybridized carbons (Fsp3) is 0.455. The molecule has 1 atom stereocenters. The fourth-order valence-corrected chi connectivity index (χ4v) is 2.94. The summed E-state index contributed by atoms with van der Waals surface area (Å²) in [6.45, 7) is 5.50. The zero-order chi connectivity index (χ0) is 22.6. The number of halogens is 2. The van der Waals surface area contributed by atoms with E-state index in [9.17, 15) is 18.4 Å². The molecule has 0 radical (unpaired) electrons. The van der Waals surface area contributed by atoms with E-state index in [2.05, 4.69) is 32.8 Å². The lowest BCUT2D eigenvalue weighted by Crippen LogP contribution is -2.44. The van der Waals surface area contributed by atoms with Crippen molar-refractivity contribution in [3.8, 4) is 0 Å². The van der Waals surface area contributed by atoms with Gasteiger partial charge in [-0.3, -0.25) is 14.6 Å². The van der Waals surface area contributed by atoms with Crippen LogP contribution in [-0.2, 0) is 22.6 Å². The van der Waals surface area contributed by atoms with E-state index in [0.29, 0.717) is 19.4 Å². The molecule has 0 saturated heterocycles. The molecule has 1 unspecified atom stereocenters. The van der Waals surface area contributed by atoms with Gasteiger partial charge in [0.25, 0.3) is 0 Å². The van der Waals surface area contributed by atoms with Gasteiger partial charge in [0.05, 0.1) is 24.5 Å². The molecule has 1 aromatic carbocycles. The average molecular weight is 434 g/mol. The van der Waals surface area contributed by atoms with Crippen LogP contribution in [0.25, 0.3) is 0 Å². The minimum absolute atomic E-state index is 0.194. The molecule has 0 saturated carbocycles. The Kier molecular flexibility index (Phi) is 9.96. The molecule has 168 valence electrons. The van der Waals surface area contributed by atoms with Crippen molar-refractivity contribution in [1.29, 1.82) is 0 Å². The smallest absolute Gasteiger partial charge is 0.248 e. The number of hydrogen-bond donors (Lipinski definition) is 3. The number of benzene rings is 1. The number of nitrogens with zero attached hydrogens (tertiary/aromatic N) is 2. The van der Waals surface area contributed by atoms with Gasteiger partial charge in [-0.2, -0.15) is 0 Å². The van der Waals surface area contributed by atoms with E-state index in [1.54, 1.807) is 6.20 Å². The molecule has 3 N–H and O–H groups in total. The standard InChI is InChI=1S/C22H29F2N5O2/c1-3-5-7-25-12-18-13-27-20(14-26-18)29-22(31)19(6-4-2)28-21(30)10-15-8-16(23)11-17(24)9-15/h8-9,11,13-14,19,25H,3-7,10,12H2,1-2H3,(H,28,30)(H,27,29,31). The quantitative estimate of drug-likeness (QED) is 0.447. The third-order valence-corrected chi connectivity index (χ3v) is 4.49. The number of hydrogen-bond acceptors (Lipinski definition) is 5. The van der Waals surface area contributed by atoms with E-state index in [1.807, 2.05) is 6.92 Å². The van der Waals surface area contributed by atoms with E-state index in [1.165, 1.54) is 6.20 Å². The molecular formula is C22H29F2N5O2. The minimum Gasteiger partial charge on any atom is -0.344 e. The summed E-state index contributed by atoms with van der Waals surface area (Å²) in [6.07, 6.45) is 6.07. The highest BCUT2D eigenvalue weighted by atomic mass is 19.1. The lowest BCUT2D eigenvalue weighted by atomic mass is 10.1. The molecule has 1 heterocycles. The van der Waals surface area contributed by atoms with Gasteiger partial charge >= 0.3 is 0 Å². The van der Waals surface area contributed by atoms with Crippen LogP contribution in [0.1, 0.15) is 50.8 Å². The number of amides is 2. The Bertz CT molecular complexity index is 841. The Morgan fingerprint density at radius 1 is 1.03 bits per heavy atom. The van der Waals surface area contributed by atoms with Crippen LogP contribution in [0, 0.1) is 11.6 Å². The predicted molar refractivity (Wildman–Crippen MR) is 114 cm³/mol. The second kappa shape index (κ2) is 12.7. The number of unbranched alkanes of at least 4 members (excludes halogenated alkanes) is 1. The van der Waals surface area contributed by atoms with Crippen molar-refractivity contribution in [2.75, 3.05) is 11.9 Å². The summed E-state index contributed by atoms with van der Waals surface area (Å²) in [5, 5.41) is 8.53. The number of aromatic nitrogens is 2. The highest BCUT2D eigenvalue weighted by molar-refractivity contribution is 5.96. The van der Waals surface area contributed by atoms with Gasteiger partial charge in [-0.1, -0.05) is 26.7 Å². The molecule has 2 rings (SSSR count). The monoisotopic (exact) mass is 433 g/mol. The van der Waals surface area contributed by atoms with Gasteiger partial charge in [-0.25, -0.2) is 13.8 Å². The van der Waals surface area contributed by atoms with Gasteiger partial charge in [0.2, 0.25) is 11.8 Å². The van der Waals surface area contributed by atoms with Crippen LogP contribution in [0.4, 0.5) is 14.6 Å². The van der Waals surface area contributed by atoms with Crippen molar-refractivity contribution >= 4 is 17.6 Å². The van der Waals surface area contributed by atoms with Crippen molar-refractivity contribution in [3.05, 3.63) is 53.5 Å². The normalized spacial score (nSPS) is 11.7. The van der Waals surface area contributed by atoms with Gasteiger partial charge in [0.1, 0.15) is 17.7 Å². The lowest BCUT2D eigenvalue weighted by Gasteiger charge is -2.17. The molecule has 0 spiro atoms. The number of carbonyl (C=O) groups is 2. The van der Waals surface area contributed by atoms with Crippen LogP contribution in [0.5, 0.6) is 0 Å². The van der Waals surface area contributed by atoms with Crippen LogP contribution < -0.4 is 16.0 Å². The van der Waals surface area contributed by atoms with Gasteiger partial charge in [0, 0.05) is 12.6 Å². The van der Waals surface area contributed by atoms with E-state index >= 15 is 0 Å². The molecular weight excluding hydrogens is 404 g/mol. The molecule has 2 amide bonds. The predicted octanol–water partition coefficient (Wildman–Crippen LogP) is 3.11. The van der Waals surface area contributed by atoms with Crippen molar-refractivity contribution in [1.82, 2.24) is 20.6 Å². The highest BCUT2D eigenvalue weighted by Gasteiger charge is 2.21. The van der Waals surface area contributed by atoms with Crippen LogP contribution in [0.15, 0.2) is 30.6 Å². The van der Waals surface area contributed by atoms with E-state index in [-0.39, 0.29) is 17.8 Å². The largest absolute Gasteiger partial charge is 0.344 e. The molecule has 0 aliphatic rings. The Labute approximate surface area is 181 Å². The van der Waals surface area contributed by atoms with E-state index in [4.69, 9.17) is 0 Å². The topological polar surface area (TPSA) is 96.0 Å². The summed E-state index contributed by atoms with van der Waals surface area (Å²) in [7, 11) is 0. The second-order valence-corrected chi connectivity index (χ2v) is 7.28. The van der Waals surface area contributed by atoms with Gasteiger partial charge < -0.3 is 16.0 Å². The zero-order valence-electron chi connectivity index (χ0n) is 17.9. The first-order chi connectivity index (χ1) is 14.9. The molecule has 9 heteroatoms. The molecule has 31 heavy (non-hydrogen) atoms. The molecule has 0 aliphatic carbocycles. The van der Waals surface area contributed by atoms with Crippen molar-refractivity contribution in [2.24, 2.45) is 0 Å². The van der Waals surface area contributed by atoms with Crippen LogP contribution in [-0.4, -0.2) is 34.4 Å². The van der Waals surface area contributed by atoms with Crippen LogP contribution in [0.2, 0.25) is 0 Å². The first-order valence-corrected chi connectivity index (χ1v) is 10.5. The Morgan fingerprint density at radius 2 is 1.77 bits per heavy atom. The minimum atomic E-state index is -0.798. The van der Waals surface area contributed by atoms with Gasteiger partial charge in [-0.05, 0) is 37.1 Å². The van der Waals surface area contributed by atoms with Crippen molar-refractivity contribution < 1.29 is 18.4 Å². The van der Waals surface area contributed by atoms with E-state index in [0.717, 1.165) is 43.3 Å². The average Bonchev–Trinajstić information content (AvgIpc) is 2.71. The summed E-state index contributed by atoms with van der Waals surface area (Å²) in [5.41, 5.74) is 0.953. The molecule has 0 aliphatic heterocycles. The van der Waals surface area contributed by atoms with Crippen molar-refractivity contribution in [2.45, 2.75) is 58.5 Å². The number of carbonyl (C=O) groups excluding carboxylic acids is 2. The Hall–Kier alpha value is -2.94. The third kappa shape index (κ3) is 8.75. The summed E-state index contributed by atoms with van der Waals surface area (Å²) < 4.78 is 26.6. The van der Waals surface area contributed by atoms with Crippen molar-refractivity contribution in [3.63, 3.8) is 0 Å². The number of anilines is 1. The molecule has 7 nitrogen and oxygen atoms in total. The first kappa shape index (κ1) is 24.3. The second-order valence-electron chi connectivity index (χ2n) is 7.28. The fourth-order valence-electron chi connectivity index (χ4n) is 2.94. The SMILES string of the molecule is CCCCNCc1cnc(NC(=O)C(CCC)NC(=O)Cc2cc(F)cc(F)c2)cn1. The summed E-state index contributed by atoms with van der Waals surface area (Å²) in [6, 6.07) is 2.12. The van der Waals surface area contributed by atoms with Crippen LogP contribution >= 0.6 is 0 Å². The Morgan fingerprint density at radius 3 is 2.39 bits per heavy atom. The van der Waals surface area contributed by atoms with E-state index < -0.39 is 29.5 Å². The first-order valence-electron chi connectivity index (χ1n) is 10.5. The number of rotatable bonds is 12. The van der Waals surface area contributed by atoms with Crippen LogP contribution in [0.3, 0.4) is 0 Å². The summed E-state index contributed by atoms with van der Waals surface area (Å²) in [5.74, 6) is -2.16. The lowest BCUT2D eigenvalue weighted by molar-refractivity contribution is -0.126. The maximum atomic E-state index is 13.3. The molecule has 1 aromatic heterocycles. The third-order valence-electron chi connectivity index (χ3n) is 4.49. The highest BCUT2D eigenvalue weighted by Crippen LogP contribution is 2.10. The summed E-state index contributed by atoms with van der Waals surface area (Å²) >= 11 is 0. The number of nitrogens with one attached hydrogen (secondary N) is 3. The van der Waals surface area contributed by atoms with Gasteiger partial charge in [0.15, 0.2) is 5.82 Å². The molecule has 0 fully saturated rings. The molecule has 2 aromatic rings. The zero-order valence-corrected chi connectivity index (χ0v) is 17.9. The maximum Gasteiger partial charge on any atom is 0.248 e. The summed E-state index contributed by atoms with van der Waals surface area (Å²) in [4.78, 5) is 33.4. The van der Waals surface area contributed by atoms with Gasteiger partial charge in [-0.15, -0.1) is 0 Å². The Balaban J connectivity index is 1.91.